The second-order valence-corrected chi connectivity index (χ2v) is 0. The monoisotopic (exact) mass is 1320 g/mol. The molecule has 0 amide bonds. The topological polar surface area (TPSA) is 0 Å². The molecule has 260 valence electrons. The molecular weight excluding hydrogens is 1290 g/mol. The van der Waals surface area contributed by atoms with Gasteiger partial charge in [0.1, 0.15) is 0 Å². The summed E-state index contributed by atoms with van der Waals surface area (Å²) in [6.07, 6.45) is 0. The summed E-state index contributed by atoms with van der Waals surface area (Å²) in [5.74, 6) is 0. The molecule has 0 aromatic heterocycles. The standard InChI is InChI=1S/30ClH.10Na.10H/h30*1H;;;;;;;;;;;;;;;;;;;;. The van der Waals surface area contributed by atoms with Crippen molar-refractivity contribution in [3.05, 3.63) is 0 Å². The molecule has 0 atom stereocenters. The number of rotatable bonds is 0. The van der Waals surface area contributed by atoms with Crippen molar-refractivity contribution in [3.8, 4) is 0 Å². The van der Waals surface area contributed by atoms with Crippen LogP contribution in [0.1, 0.15) is 0 Å². The van der Waals surface area contributed by atoms with Gasteiger partial charge < -0.3 is 0 Å². The number of hydrogen-bond acceptors (Lipinski definition) is 0. The van der Waals surface area contributed by atoms with Gasteiger partial charge in [0.15, 0.2) is 0 Å². The van der Waals surface area contributed by atoms with Gasteiger partial charge in [0, 0.05) is 0 Å². The molecule has 40 heavy (non-hydrogen) atoms. The van der Waals surface area contributed by atoms with E-state index in [1.807, 2.05) is 0 Å². The molecular formula is H40Cl30Na10. The molecule has 0 aliphatic rings. The molecule has 0 aliphatic heterocycles. The van der Waals surface area contributed by atoms with E-state index < -0.39 is 0 Å². The quantitative estimate of drug-likeness (QED) is 0.255. The van der Waals surface area contributed by atoms with Gasteiger partial charge in [-0.15, -0.1) is 372 Å². The van der Waals surface area contributed by atoms with E-state index >= 15 is 0 Å². The van der Waals surface area contributed by atoms with Crippen molar-refractivity contribution in [2.75, 3.05) is 0 Å². The molecule has 0 nitrogen and oxygen atoms in total. The molecule has 0 bridgehead atoms. The van der Waals surface area contributed by atoms with E-state index in [0.717, 1.165) is 0 Å². The van der Waals surface area contributed by atoms with Crippen molar-refractivity contribution in [3.63, 3.8) is 0 Å². The third kappa shape index (κ3) is 503. The van der Waals surface area contributed by atoms with Gasteiger partial charge in [0.2, 0.25) is 0 Å². The summed E-state index contributed by atoms with van der Waals surface area (Å²) in [5, 5.41) is 0. The van der Waals surface area contributed by atoms with E-state index in [-0.39, 0.29) is 668 Å². The summed E-state index contributed by atoms with van der Waals surface area (Å²) in [5.41, 5.74) is 0. The molecule has 40 heteroatoms. The minimum atomic E-state index is 0. The molecule has 0 aromatic carbocycles. The van der Waals surface area contributed by atoms with E-state index in [1.54, 1.807) is 0 Å². The van der Waals surface area contributed by atoms with Gasteiger partial charge >= 0.3 is 296 Å². The molecule has 0 rings (SSSR count). The Morgan fingerprint density at radius 3 is 0.0500 bits per heavy atom. The van der Waals surface area contributed by atoms with Gasteiger partial charge in [-0.3, -0.25) is 0 Å². The third-order valence-electron chi connectivity index (χ3n) is 0. The van der Waals surface area contributed by atoms with Gasteiger partial charge in [0.25, 0.3) is 0 Å². The summed E-state index contributed by atoms with van der Waals surface area (Å²) in [6.45, 7) is 0. The zero-order chi connectivity index (χ0) is 0. The maximum absolute atomic E-state index is 0. The average molecular weight is 1330 g/mol. The molecule has 0 N–H and O–H groups in total. The zero-order valence-corrected chi connectivity index (χ0v) is 36.7. The Labute approximate surface area is 650 Å². The second kappa shape index (κ2) is 530. The van der Waals surface area contributed by atoms with Crippen molar-refractivity contribution < 1.29 is 0 Å². The molecule has 0 fully saturated rings. The zero-order valence-electron chi connectivity index (χ0n) is 12.2. The van der Waals surface area contributed by atoms with Gasteiger partial charge in [0.05, 0.1) is 0 Å². The fourth-order valence-electron chi connectivity index (χ4n) is 0. The van der Waals surface area contributed by atoms with Crippen LogP contribution in [-0.4, -0.2) is 296 Å². The van der Waals surface area contributed by atoms with E-state index in [0.29, 0.717) is 0 Å². The van der Waals surface area contributed by atoms with Crippen LogP contribution >= 0.6 is 372 Å². The van der Waals surface area contributed by atoms with Crippen molar-refractivity contribution >= 4 is 668 Å². The average Bonchev–Trinajstić information content (AvgIpc) is 0. The predicted octanol–water partition coefficient (Wildman–Crippen LogP) is 6.17. The SMILES string of the molecule is Cl.Cl.Cl.Cl.Cl.Cl.Cl.Cl.Cl.Cl.Cl.Cl.Cl.Cl.Cl.Cl.Cl.Cl.Cl.Cl.Cl.Cl.Cl.Cl.Cl.Cl.Cl.Cl.Cl.Cl.[NaH].[NaH].[NaH].[NaH].[NaH].[NaH].[NaH].[NaH].[NaH].[NaH]. The van der Waals surface area contributed by atoms with Crippen LogP contribution in [0.4, 0.5) is 0 Å². The molecule has 0 unspecified atom stereocenters. The Bertz CT molecular complexity index is 32.5. The fourth-order valence-corrected chi connectivity index (χ4v) is 0. The second-order valence-electron chi connectivity index (χ2n) is 0. The molecule has 0 spiro atoms. The summed E-state index contributed by atoms with van der Waals surface area (Å²) < 4.78 is 0. The number of hydrogen-bond donors (Lipinski definition) is 0. The first kappa shape index (κ1) is 559. The van der Waals surface area contributed by atoms with Gasteiger partial charge in [-0.25, -0.2) is 0 Å². The molecule has 0 saturated carbocycles. The molecule has 0 radical (unpaired) electrons. The third-order valence-corrected chi connectivity index (χ3v) is 0. The van der Waals surface area contributed by atoms with Crippen LogP contribution < -0.4 is 0 Å². The molecule has 0 heterocycles. The first-order chi connectivity index (χ1) is 0. The molecule has 0 aromatic rings. The van der Waals surface area contributed by atoms with Crippen LogP contribution in [0.5, 0.6) is 0 Å². The number of halogens is 30. The van der Waals surface area contributed by atoms with E-state index in [9.17, 15) is 0 Å². The Morgan fingerprint density at radius 2 is 0.0500 bits per heavy atom. The van der Waals surface area contributed by atoms with Crippen LogP contribution in [0, 0.1) is 0 Å². The summed E-state index contributed by atoms with van der Waals surface area (Å²) in [7, 11) is 0. The Kier molecular flexibility index (Phi) is 7410. The van der Waals surface area contributed by atoms with Crippen LogP contribution in [0.2, 0.25) is 0 Å². The summed E-state index contributed by atoms with van der Waals surface area (Å²) in [4.78, 5) is 0. The van der Waals surface area contributed by atoms with Crippen LogP contribution in [0.15, 0.2) is 0 Å². The van der Waals surface area contributed by atoms with Gasteiger partial charge in [-0.05, 0) is 0 Å². The maximum atomic E-state index is 0. The first-order valence-corrected chi connectivity index (χ1v) is 0. The van der Waals surface area contributed by atoms with E-state index in [1.165, 1.54) is 0 Å². The van der Waals surface area contributed by atoms with Gasteiger partial charge in [-0.1, -0.05) is 0 Å². The van der Waals surface area contributed by atoms with Crippen molar-refractivity contribution in [2.45, 2.75) is 0 Å². The Morgan fingerprint density at radius 1 is 0.0500 bits per heavy atom. The Hall–Kier alpha value is 18.7. The van der Waals surface area contributed by atoms with Crippen molar-refractivity contribution in [1.82, 2.24) is 0 Å². The molecule has 0 saturated heterocycles. The molecule has 0 aliphatic carbocycles. The fraction of sp³-hybridized carbons (Fsp3) is 0. The van der Waals surface area contributed by atoms with Crippen LogP contribution in [0.25, 0.3) is 0 Å². The van der Waals surface area contributed by atoms with Crippen molar-refractivity contribution in [2.24, 2.45) is 0 Å². The van der Waals surface area contributed by atoms with Crippen LogP contribution in [0.3, 0.4) is 0 Å². The Balaban J connectivity index is 0. The van der Waals surface area contributed by atoms with Crippen LogP contribution in [-0.2, 0) is 0 Å². The van der Waals surface area contributed by atoms with Gasteiger partial charge in [-0.2, -0.15) is 0 Å². The minimum absolute atomic E-state index is 0. The van der Waals surface area contributed by atoms with E-state index in [2.05, 4.69) is 0 Å². The normalized spacial score (nSPS) is 0. The summed E-state index contributed by atoms with van der Waals surface area (Å²) >= 11 is 0. The van der Waals surface area contributed by atoms with Crippen molar-refractivity contribution in [1.29, 1.82) is 0 Å². The summed E-state index contributed by atoms with van der Waals surface area (Å²) in [6, 6.07) is 0. The predicted molar refractivity (Wildman–Crippen MR) is 289 cm³/mol. The first-order valence-electron chi connectivity index (χ1n) is 0. The van der Waals surface area contributed by atoms with E-state index in [4.69, 9.17) is 0 Å².